The van der Waals surface area contributed by atoms with Gasteiger partial charge in [0.1, 0.15) is 0 Å². The first-order valence-corrected chi connectivity index (χ1v) is 6.86. The average molecular weight is 224 g/mol. The minimum atomic E-state index is 0.384. The number of carbonyl (C=O) groups excluding carboxylic acids is 1. The number of rotatable bonds is 4. The molecule has 0 radical (unpaired) electrons. The van der Waals surface area contributed by atoms with Crippen LogP contribution in [-0.2, 0) is 4.79 Å². The third-order valence-corrected chi connectivity index (χ3v) is 3.77. The van der Waals surface area contributed by atoms with Gasteiger partial charge in [-0.15, -0.1) is 0 Å². The fraction of sp³-hybridized carbons (Fsp3) is 0.923. The van der Waals surface area contributed by atoms with Crippen molar-refractivity contribution in [2.24, 2.45) is 0 Å². The molecule has 2 rings (SSSR count). The van der Waals surface area contributed by atoms with Crippen LogP contribution in [0.5, 0.6) is 0 Å². The number of carbonyl (C=O) groups is 1. The summed E-state index contributed by atoms with van der Waals surface area (Å²) in [5.41, 5.74) is 0. The van der Waals surface area contributed by atoms with Gasteiger partial charge in [-0.2, -0.15) is 0 Å². The van der Waals surface area contributed by atoms with Crippen LogP contribution in [-0.4, -0.2) is 48.4 Å². The Bertz CT molecular complexity index is 218. The molecule has 0 spiro atoms. The second-order valence-corrected chi connectivity index (χ2v) is 5.09. The van der Waals surface area contributed by atoms with Crippen molar-refractivity contribution in [2.45, 2.75) is 44.9 Å². The number of likely N-dealkylation sites (tertiary alicyclic amines) is 2. The third kappa shape index (κ3) is 3.48. The second-order valence-electron chi connectivity index (χ2n) is 5.09. The molecule has 2 aliphatic rings. The number of hydrogen-bond donors (Lipinski definition) is 0. The van der Waals surface area contributed by atoms with Crippen molar-refractivity contribution >= 4 is 5.91 Å². The molecule has 0 aromatic rings. The van der Waals surface area contributed by atoms with E-state index in [0.29, 0.717) is 5.91 Å². The summed E-state index contributed by atoms with van der Waals surface area (Å²) in [6.45, 7) is 5.63. The first-order valence-electron chi connectivity index (χ1n) is 6.86. The molecule has 2 fully saturated rings. The Morgan fingerprint density at radius 2 is 1.50 bits per heavy atom. The Hall–Kier alpha value is -0.570. The van der Waals surface area contributed by atoms with Crippen molar-refractivity contribution < 1.29 is 4.79 Å². The summed E-state index contributed by atoms with van der Waals surface area (Å²) in [7, 11) is 0. The molecule has 2 heterocycles. The van der Waals surface area contributed by atoms with Gasteiger partial charge in [0.25, 0.3) is 0 Å². The summed E-state index contributed by atoms with van der Waals surface area (Å²) in [5.74, 6) is 0.384. The number of amides is 1. The molecule has 0 N–H and O–H groups in total. The molecule has 0 aliphatic carbocycles. The van der Waals surface area contributed by atoms with Gasteiger partial charge in [-0.25, -0.2) is 0 Å². The molecular weight excluding hydrogens is 200 g/mol. The molecule has 0 aromatic heterocycles. The fourth-order valence-electron chi connectivity index (χ4n) is 2.76. The van der Waals surface area contributed by atoms with Gasteiger partial charge >= 0.3 is 0 Å². The van der Waals surface area contributed by atoms with Crippen molar-refractivity contribution in [3.63, 3.8) is 0 Å². The van der Waals surface area contributed by atoms with E-state index in [1.165, 1.54) is 45.2 Å². The van der Waals surface area contributed by atoms with Gasteiger partial charge in [0.2, 0.25) is 5.91 Å². The van der Waals surface area contributed by atoms with Gasteiger partial charge in [-0.3, -0.25) is 4.79 Å². The molecule has 1 amide bonds. The van der Waals surface area contributed by atoms with Crippen molar-refractivity contribution in [2.75, 3.05) is 32.7 Å². The topological polar surface area (TPSA) is 23.6 Å². The smallest absolute Gasteiger partial charge is 0.222 e. The molecule has 0 atom stereocenters. The van der Waals surface area contributed by atoms with Crippen LogP contribution in [0.2, 0.25) is 0 Å². The molecule has 0 bridgehead atoms. The zero-order valence-electron chi connectivity index (χ0n) is 10.3. The lowest BCUT2D eigenvalue weighted by Crippen LogP contribution is -2.32. The highest BCUT2D eigenvalue weighted by atomic mass is 16.2. The summed E-state index contributed by atoms with van der Waals surface area (Å²) in [6.07, 6.45) is 8.31. The largest absolute Gasteiger partial charge is 0.343 e. The van der Waals surface area contributed by atoms with Gasteiger partial charge in [0, 0.05) is 19.5 Å². The SMILES string of the molecule is O=C(CCCN1CCCCC1)N1CCCC1. The van der Waals surface area contributed by atoms with E-state index in [1.807, 2.05) is 4.90 Å². The Labute approximate surface area is 98.8 Å². The van der Waals surface area contributed by atoms with Gasteiger partial charge < -0.3 is 9.80 Å². The highest BCUT2D eigenvalue weighted by Gasteiger charge is 2.17. The van der Waals surface area contributed by atoms with E-state index >= 15 is 0 Å². The molecule has 3 heteroatoms. The molecule has 2 saturated heterocycles. The fourth-order valence-corrected chi connectivity index (χ4v) is 2.76. The van der Waals surface area contributed by atoms with E-state index in [1.54, 1.807) is 0 Å². The normalized spacial score (nSPS) is 22.6. The van der Waals surface area contributed by atoms with E-state index in [0.717, 1.165) is 32.5 Å². The van der Waals surface area contributed by atoms with Crippen LogP contribution in [0.3, 0.4) is 0 Å². The molecule has 2 aliphatic heterocycles. The minimum Gasteiger partial charge on any atom is -0.343 e. The van der Waals surface area contributed by atoms with Crippen LogP contribution < -0.4 is 0 Å². The number of nitrogens with zero attached hydrogens (tertiary/aromatic N) is 2. The van der Waals surface area contributed by atoms with Crippen LogP contribution >= 0.6 is 0 Å². The van der Waals surface area contributed by atoms with Crippen LogP contribution in [0.25, 0.3) is 0 Å². The molecule has 3 nitrogen and oxygen atoms in total. The number of hydrogen-bond acceptors (Lipinski definition) is 2. The Balaban J connectivity index is 1.57. The lowest BCUT2D eigenvalue weighted by molar-refractivity contribution is -0.130. The molecule has 16 heavy (non-hydrogen) atoms. The predicted octanol–water partition coefficient (Wildman–Crippen LogP) is 1.87. The highest BCUT2D eigenvalue weighted by molar-refractivity contribution is 5.76. The minimum absolute atomic E-state index is 0.384. The van der Waals surface area contributed by atoms with Gasteiger partial charge in [0.05, 0.1) is 0 Å². The monoisotopic (exact) mass is 224 g/mol. The van der Waals surface area contributed by atoms with Crippen molar-refractivity contribution in [3.8, 4) is 0 Å². The molecule has 92 valence electrons. The Kier molecular flexibility index (Phi) is 4.64. The highest BCUT2D eigenvalue weighted by Crippen LogP contribution is 2.12. The Morgan fingerprint density at radius 1 is 0.875 bits per heavy atom. The van der Waals surface area contributed by atoms with Crippen molar-refractivity contribution in [1.82, 2.24) is 9.80 Å². The van der Waals surface area contributed by atoms with E-state index < -0.39 is 0 Å². The van der Waals surface area contributed by atoms with Crippen LogP contribution in [0, 0.1) is 0 Å². The van der Waals surface area contributed by atoms with Gasteiger partial charge in [-0.1, -0.05) is 6.42 Å². The summed E-state index contributed by atoms with van der Waals surface area (Å²) in [5, 5.41) is 0. The van der Waals surface area contributed by atoms with Gasteiger partial charge in [-0.05, 0) is 51.7 Å². The maximum absolute atomic E-state index is 11.8. The molecule has 0 aromatic carbocycles. The summed E-state index contributed by atoms with van der Waals surface area (Å²) < 4.78 is 0. The molecular formula is C13H24N2O. The zero-order chi connectivity index (χ0) is 11.2. The van der Waals surface area contributed by atoms with Crippen molar-refractivity contribution in [3.05, 3.63) is 0 Å². The van der Waals surface area contributed by atoms with E-state index in [-0.39, 0.29) is 0 Å². The summed E-state index contributed by atoms with van der Waals surface area (Å²) in [4.78, 5) is 16.3. The second kappa shape index (κ2) is 6.24. The Morgan fingerprint density at radius 3 is 2.19 bits per heavy atom. The number of piperidine rings is 1. The predicted molar refractivity (Wildman–Crippen MR) is 65.3 cm³/mol. The van der Waals surface area contributed by atoms with Crippen molar-refractivity contribution in [1.29, 1.82) is 0 Å². The van der Waals surface area contributed by atoms with Crippen LogP contribution in [0.15, 0.2) is 0 Å². The van der Waals surface area contributed by atoms with E-state index in [4.69, 9.17) is 0 Å². The van der Waals surface area contributed by atoms with Crippen LogP contribution in [0.4, 0.5) is 0 Å². The summed E-state index contributed by atoms with van der Waals surface area (Å²) in [6, 6.07) is 0. The first kappa shape index (κ1) is 11.9. The van der Waals surface area contributed by atoms with E-state index in [2.05, 4.69) is 4.90 Å². The molecule has 0 saturated carbocycles. The lowest BCUT2D eigenvalue weighted by atomic mass is 10.1. The quantitative estimate of drug-likeness (QED) is 0.728. The van der Waals surface area contributed by atoms with Crippen LogP contribution in [0.1, 0.15) is 44.9 Å². The van der Waals surface area contributed by atoms with E-state index in [9.17, 15) is 4.79 Å². The standard InChI is InChI=1S/C13H24N2O/c16-13(15-11-4-5-12-15)7-6-10-14-8-2-1-3-9-14/h1-12H2. The zero-order valence-corrected chi connectivity index (χ0v) is 10.3. The lowest BCUT2D eigenvalue weighted by Gasteiger charge is -2.26. The molecule has 0 unspecified atom stereocenters. The van der Waals surface area contributed by atoms with Gasteiger partial charge in [0.15, 0.2) is 0 Å². The first-order chi connectivity index (χ1) is 7.86. The maximum atomic E-state index is 11.8. The summed E-state index contributed by atoms with van der Waals surface area (Å²) >= 11 is 0. The average Bonchev–Trinajstić information content (AvgIpc) is 2.84. The maximum Gasteiger partial charge on any atom is 0.222 e. The third-order valence-electron chi connectivity index (χ3n) is 3.77.